The lowest BCUT2D eigenvalue weighted by Gasteiger charge is -2.43. The summed E-state index contributed by atoms with van der Waals surface area (Å²) in [7, 11) is 0. The smallest absolute Gasteiger partial charge is 0.158 e. The van der Waals surface area contributed by atoms with Crippen LogP contribution in [0.2, 0.25) is 0 Å². The van der Waals surface area contributed by atoms with Crippen molar-refractivity contribution in [2.45, 2.75) is 38.5 Å². The number of phenolic OH excluding ortho intramolecular Hbond substituents is 1. The van der Waals surface area contributed by atoms with E-state index in [9.17, 15) is 5.11 Å². The molecule has 2 aromatic carbocycles. The molecule has 0 amide bonds. The number of benzene rings is 2. The number of anilines is 1. The summed E-state index contributed by atoms with van der Waals surface area (Å²) in [6.07, 6.45) is 1.46. The summed E-state index contributed by atoms with van der Waals surface area (Å²) in [4.78, 5) is 0. The van der Waals surface area contributed by atoms with Crippen LogP contribution in [0.5, 0.6) is 5.75 Å². The molecule has 110 valence electrons. The van der Waals surface area contributed by atoms with Gasteiger partial charge in [-0.2, -0.15) is 0 Å². The SMILES string of the molecule is CCC1(CC)OC(c2ccccc2O)Nc2ccccc21. The fraction of sp³-hybridized carbons (Fsp3) is 0.333. The van der Waals surface area contributed by atoms with Gasteiger partial charge >= 0.3 is 0 Å². The Morgan fingerprint density at radius 1 is 1.05 bits per heavy atom. The van der Waals surface area contributed by atoms with Crippen molar-refractivity contribution in [2.75, 3.05) is 5.32 Å². The van der Waals surface area contributed by atoms with E-state index in [4.69, 9.17) is 4.74 Å². The fourth-order valence-corrected chi connectivity index (χ4v) is 3.11. The van der Waals surface area contributed by atoms with E-state index in [1.54, 1.807) is 6.07 Å². The molecule has 0 spiro atoms. The van der Waals surface area contributed by atoms with Gasteiger partial charge < -0.3 is 15.2 Å². The van der Waals surface area contributed by atoms with E-state index < -0.39 is 0 Å². The Balaban J connectivity index is 2.08. The van der Waals surface area contributed by atoms with Crippen LogP contribution in [0.3, 0.4) is 0 Å². The average Bonchev–Trinajstić information content (AvgIpc) is 2.54. The molecule has 1 atom stereocenters. The van der Waals surface area contributed by atoms with Gasteiger partial charge in [0.15, 0.2) is 6.23 Å². The predicted molar refractivity (Wildman–Crippen MR) is 84.3 cm³/mol. The largest absolute Gasteiger partial charge is 0.507 e. The van der Waals surface area contributed by atoms with E-state index in [2.05, 4.69) is 31.3 Å². The molecule has 1 heterocycles. The zero-order valence-corrected chi connectivity index (χ0v) is 12.5. The number of fused-ring (bicyclic) bond motifs is 1. The molecule has 1 unspecified atom stereocenters. The zero-order valence-electron chi connectivity index (χ0n) is 12.5. The quantitative estimate of drug-likeness (QED) is 0.868. The van der Waals surface area contributed by atoms with Crippen LogP contribution in [0.4, 0.5) is 5.69 Å². The number of ether oxygens (including phenoxy) is 1. The van der Waals surface area contributed by atoms with E-state index in [1.807, 2.05) is 30.3 Å². The summed E-state index contributed by atoms with van der Waals surface area (Å²) in [5, 5.41) is 13.5. The normalized spacial score (nSPS) is 19.6. The van der Waals surface area contributed by atoms with Gasteiger partial charge in [-0.1, -0.05) is 50.2 Å². The maximum absolute atomic E-state index is 10.1. The van der Waals surface area contributed by atoms with Crippen molar-refractivity contribution in [3.8, 4) is 5.75 Å². The summed E-state index contributed by atoms with van der Waals surface area (Å²) in [5.41, 5.74) is 2.75. The van der Waals surface area contributed by atoms with Gasteiger partial charge in [0.1, 0.15) is 5.75 Å². The Morgan fingerprint density at radius 3 is 2.43 bits per heavy atom. The van der Waals surface area contributed by atoms with Gasteiger partial charge in [0.2, 0.25) is 0 Å². The van der Waals surface area contributed by atoms with Gasteiger partial charge in [-0.3, -0.25) is 0 Å². The summed E-state index contributed by atoms with van der Waals surface area (Å²) in [6.45, 7) is 4.29. The lowest BCUT2D eigenvalue weighted by molar-refractivity contribution is -0.104. The highest BCUT2D eigenvalue weighted by atomic mass is 16.5. The molecule has 0 radical (unpaired) electrons. The molecule has 0 fully saturated rings. The van der Waals surface area contributed by atoms with E-state index in [0.29, 0.717) is 0 Å². The van der Waals surface area contributed by atoms with Crippen molar-refractivity contribution in [1.29, 1.82) is 0 Å². The van der Waals surface area contributed by atoms with Crippen LogP contribution in [0, 0.1) is 0 Å². The van der Waals surface area contributed by atoms with Crippen molar-refractivity contribution >= 4 is 5.69 Å². The summed E-state index contributed by atoms with van der Waals surface area (Å²) < 4.78 is 6.39. The first-order valence-electron chi connectivity index (χ1n) is 7.52. The Kier molecular flexibility index (Phi) is 3.60. The Bertz CT molecular complexity index is 635. The van der Waals surface area contributed by atoms with Crippen LogP contribution in [-0.4, -0.2) is 5.11 Å². The average molecular weight is 283 g/mol. The second kappa shape index (κ2) is 5.41. The fourth-order valence-electron chi connectivity index (χ4n) is 3.11. The first-order valence-corrected chi connectivity index (χ1v) is 7.52. The van der Waals surface area contributed by atoms with Crippen LogP contribution in [-0.2, 0) is 10.3 Å². The molecule has 0 aromatic heterocycles. The van der Waals surface area contributed by atoms with Crippen LogP contribution in [0.15, 0.2) is 48.5 Å². The molecule has 1 aliphatic rings. The monoisotopic (exact) mass is 283 g/mol. The minimum atomic E-state index is -0.332. The number of phenols is 1. The zero-order chi connectivity index (χ0) is 14.9. The van der Waals surface area contributed by atoms with Gasteiger partial charge in [0.25, 0.3) is 0 Å². The molecule has 0 saturated heterocycles. The molecule has 0 bridgehead atoms. The molecule has 21 heavy (non-hydrogen) atoms. The number of nitrogens with one attached hydrogen (secondary N) is 1. The van der Waals surface area contributed by atoms with E-state index in [1.165, 1.54) is 5.56 Å². The maximum atomic E-state index is 10.1. The lowest BCUT2D eigenvalue weighted by atomic mass is 9.85. The van der Waals surface area contributed by atoms with Crippen molar-refractivity contribution in [3.63, 3.8) is 0 Å². The molecule has 3 rings (SSSR count). The van der Waals surface area contributed by atoms with Crippen LogP contribution >= 0.6 is 0 Å². The Labute approximate surface area is 125 Å². The van der Waals surface area contributed by atoms with Gasteiger partial charge in [0, 0.05) is 16.8 Å². The van der Waals surface area contributed by atoms with Gasteiger partial charge in [0.05, 0.1) is 5.60 Å². The van der Waals surface area contributed by atoms with Crippen LogP contribution in [0.1, 0.15) is 44.0 Å². The summed E-state index contributed by atoms with van der Waals surface area (Å²) in [6, 6.07) is 15.6. The van der Waals surface area contributed by atoms with Crippen LogP contribution < -0.4 is 5.32 Å². The molecular formula is C18H21NO2. The number of hydrogen-bond acceptors (Lipinski definition) is 3. The van der Waals surface area contributed by atoms with E-state index in [0.717, 1.165) is 24.1 Å². The van der Waals surface area contributed by atoms with Gasteiger partial charge in [-0.05, 0) is 25.0 Å². The second-order valence-corrected chi connectivity index (χ2v) is 5.45. The number of para-hydroxylation sites is 2. The third-order valence-corrected chi connectivity index (χ3v) is 4.41. The molecule has 3 nitrogen and oxygen atoms in total. The van der Waals surface area contributed by atoms with Crippen molar-refractivity contribution in [3.05, 3.63) is 59.7 Å². The highest BCUT2D eigenvalue weighted by Crippen LogP contribution is 2.46. The van der Waals surface area contributed by atoms with E-state index in [-0.39, 0.29) is 17.6 Å². The molecule has 2 N–H and O–H groups in total. The number of rotatable bonds is 3. The minimum Gasteiger partial charge on any atom is -0.507 e. The predicted octanol–water partition coefficient (Wildman–Crippen LogP) is 4.55. The molecule has 0 aliphatic carbocycles. The first kappa shape index (κ1) is 14.0. The number of aromatic hydroxyl groups is 1. The Hall–Kier alpha value is -2.00. The van der Waals surface area contributed by atoms with Crippen molar-refractivity contribution < 1.29 is 9.84 Å². The van der Waals surface area contributed by atoms with Crippen LogP contribution in [0.25, 0.3) is 0 Å². The number of hydrogen-bond donors (Lipinski definition) is 2. The Morgan fingerprint density at radius 2 is 1.71 bits per heavy atom. The minimum absolute atomic E-state index is 0.260. The first-order chi connectivity index (χ1) is 10.2. The van der Waals surface area contributed by atoms with Crippen molar-refractivity contribution in [2.24, 2.45) is 0 Å². The van der Waals surface area contributed by atoms with Gasteiger partial charge in [-0.15, -0.1) is 0 Å². The third kappa shape index (κ3) is 2.28. The van der Waals surface area contributed by atoms with Crippen molar-refractivity contribution in [1.82, 2.24) is 0 Å². The topological polar surface area (TPSA) is 41.5 Å². The summed E-state index contributed by atoms with van der Waals surface area (Å²) >= 11 is 0. The standard InChI is InChI=1S/C18H21NO2/c1-3-18(4-2)14-10-6-7-11-15(14)19-17(21-18)13-9-5-8-12-16(13)20/h5-12,17,19-20H,3-4H2,1-2H3. The second-order valence-electron chi connectivity index (χ2n) is 5.45. The molecule has 3 heteroatoms. The lowest BCUT2D eigenvalue weighted by Crippen LogP contribution is -2.37. The molecule has 2 aromatic rings. The maximum Gasteiger partial charge on any atom is 0.158 e. The highest BCUT2D eigenvalue weighted by molar-refractivity contribution is 5.57. The molecule has 0 saturated carbocycles. The molecule has 1 aliphatic heterocycles. The van der Waals surface area contributed by atoms with E-state index >= 15 is 0 Å². The molecular weight excluding hydrogens is 262 g/mol. The van der Waals surface area contributed by atoms with Gasteiger partial charge in [-0.25, -0.2) is 0 Å². The highest BCUT2D eigenvalue weighted by Gasteiger charge is 2.39. The summed E-state index contributed by atoms with van der Waals surface area (Å²) in [5.74, 6) is 0.260. The third-order valence-electron chi connectivity index (χ3n) is 4.41.